The lowest BCUT2D eigenvalue weighted by Crippen LogP contribution is -2.00. The van der Waals surface area contributed by atoms with Gasteiger partial charge in [-0.2, -0.15) is 0 Å². The second kappa shape index (κ2) is 3.74. The third kappa shape index (κ3) is 1.95. The Balaban J connectivity index is 2.93. The molecule has 0 radical (unpaired) electrons. The zero-order valence-corrected chi connectivity index (χ0v) is 7.17. The van der Waals surface area contributed by atoms with Gasteiger partial charge in [-0.05, 0) is 18.1 Å². The van der Waals surface area contributed by atoms with Gasteiger partial charge in [-0.1, -0.05) is 24.3 Å². The molecule has 0 amide bonds. The van der Waals surface area contributed by atoms with E-state index in [9.17, 15) is 5.11 Å². The third-order valence-electron chi connectivity index (χ3n) is 1.69. The summed E-state index contributed by atoms with van der Waals surface area (Å²) in [7, 11) is 0. The van der Waals surface area contributed by atoms with Crippen LogP contribution in [0.5, 0.6) is 0 Å². The van der Waals surface area contributed by atoms with E-state index in [2.05, 4.69) is 0 Å². The van der Waals surface area contributed by atoms with Crippen molar-refractivity contribution in [2.45, 2.75) is 13.0 Å². The number of hydrogen-bond acceptors (Lipinski definition) is 1. The predicted octanol–water partition coefficient (Wildman–Crippen LogP) is 2.27. The van der Waals surface area contributed by atoms with Gasteiger partial charge in [0.05, 0.1) is 12.0 Å². The van der Waals surface area contributed by atoms with Gasteiger partial charge in [0.25, 0.3) is 0 Å². The molecular formula is C9H11ClO. The molecule has 0 unspecified atom stereocenters. The summed E-state index contributed by atoms with van der Waals surface area (Å²) in [6, 6.07) is 7.70. The van der Waals surface area contributed by atoms with Crippen molar-refractivity contribution in [1.29, 1.82) is 0 Å². The molecule has 1 nitrogen and oxygen atoms in total. The molecule has 0 bridgehead atoms. The Morgan fingerprint density at radius 2 is 2.09 bits per heavy atom. The van der Waals surface area contributed by atoms with E-state index < -0.39 is 6.10 Å². The molecule has 60 valence electrons. The van der Waals surface area contributed by atoms with Gasteiger partial charge >= 0.3 is 0 Å². The molecule has 11 heavy (non-hydrogen) atoms. The average molecular weight is 171 g/mol. The highest BCUT2D eigenvalue weighted by atomic mass is 35.5. The van der Waals surface area contributed by atoms with Crippen LogP contribution in [-0.2, 0) is 0 Å². The SMILES string of the molecule is Cc1ccccc1[C@@H](O)CCl. The molecule has 0 aliphatic rings. The maximum Gasteiger partial charge on any atom is 0.0927 e. The zero-order valence-electron chi connectivity index (χ0n) is 6.42. The number of hydrogen-bond donors (Lipinski definition) is 1. The summed E-state index contributed by atoms with van der Waals surface area (Å²) in [5.41, 5.74) is 2.00. The highest BCUT2D eigenvalue weighted by Crippen LogP contribution is 2.17. The summed E-state index contributed by atoms with van der Waals surface area (Å²) in [5, 5.41) is 9.38. The Morgan fingerprint density at radius 1 is 1.45 bits per heavy atom. The number of benzene rings is 1. The lowest BCUT2D eigenvalue weighted by molar-refractivity contribution is 0.202. The Kier molecular flexibility index (Phi) is 2.92. The monoisotopic (exact) mass is 170 g/mol. The van der Waals surface area contributed by atoms with Gasteiger partial charge < -0.3 is 5.11 Å². The van der Waals surface area contributed by atoms with E-state index >= 15 is 0 Å². The predicted molar refractivity (Wildman–Crippen MR) is 46.9 cm³/mol. The Labute approximate surface area is 71.6 Å². The van der Waals surface area contributed by atoms with Crippen LogP contribution in [0.2, 0.25) is 0 Å². The van der Waals surface area contributed by atoms with Crippen molar-refractivity contribution < 1.29 is 5.11 Å². The summed E-state index contributed by atoms with van der Waals surface area (Å²) in [6.07, 6.45) is -0.530. The largest absolute Gasteiger partial charge is 0.387 e. The summed E-state index contributed by atoms with van der Waals surface area (Å²) in [4.78, 5) is 0. The third-order valence-corrected chi connectivity index (χ3v) is 1.99. The highest BCUT2D eigenvalue weighted by molar-refractivity contribution is 6.18. The first-order valence-electron chi connectivity index (χ1n) is 3.55. The topological polar surface area (TPSA) is 20.2 Å². The van der Waals surface area contributed by atoms with Crippen molar-refractivity contribution in [1.82, 2.24) is 0 Å². The minimum atomic E-state index is -0.530. The molecule has 0 spiro atoms. The van der Waals surface area contributed by atoms with Crippen LogP contribution in [0.15, 0.2) is 24.3 Å². The molecule has 0 aliphatic carbocycles. The number of rotatable bonds is 2. The van der Waals surface area contributed by atoms with Crippen LogP contribution in [0.25, 0.3) is 0 Å². The van der Waals surface area contributed by atoms with Crippen LogP contribution in [0.4, 0.5) is 0 Å². The van der Waals surface area contributed by atoms with Crippen LogP contribution >= 0.6 is 11.6 Å². The smallest absolute Gasteiger partial charge is 0.0927 e. The first kappa shape index (κ1) is 8.57. The van der Waals surface area contributed by atoms with Gasteiger partial charge in [0.2, 0.25) is 0 Å². The zero-order chi connectivity index (χ0) is 8.27. The number of aliphatic hydroxyl groups is 1. The first-order chi connectivity index (χ1) is 5.25. The average Bonchev–Trinajstić information content (AvgIpc) is 2.04. The van der Waals surface area contributed by atoms with E-state index in [0.717, 1.165) is 11.1 Å². The maximum absolute atomic E-state index is 9.38. The lowest BCUT2D eigenvalue weighted by atomic mass is 10.1. The van der Waals surface area contributed by atoms with E-state index in [1.54, 1.807) is 0 Å². The highest BCUT2D eigenvalue weighted by Gasteiger charge is 2.06. The number of aryl methyl sites for hydroxylation is 1. The number of aliphatic hydroxyl groups excluding tert-OH is 1. The van der Waals surface area contributed by atoms with E-state index in [0.29, 0.717) is 0 Å². The van der Waals surface area contributed by atoms with Gasteiger partial charge in [0.15, 0.2) is 0 Å². The van der Waals surface area contributed by atoms with E-state index in [1.807, 2.05) is 31.2 Å². The van der Waals surface area contributed by atoms with Gasteiger partial charge in [-0.15, -0.1) is 11.6 Å². The Morgan fingerprint density at radius 3 is 2.64 bits per heavy atom. The van der Waals surface area contributed by atoms with Gasteiger partial charge in [-0.25, -0.2) is 0 Å². The minimum Gasteiger partial charge on any atom is -0.387 e. The Bertz CT molecular complexity index is 235. The fraction of sp³-hybridized carbons (Fsp3) is 0.333. The summed E-state index contributed by atoms with van der Waals surface area (Å²) in [5.74, 6) is 0.255. The van der Waals surface area contributed by atoms with Gasteiger partial charge in [-0.3, -0.25) is 0 Å². The first-order valence-corrected chi connectivity index (χ1v) is 4.08. The molecule has 0 aromatic heterocycles. The molecule has 0 saturated carbocycles. The Hall–Kier alpha value is -0.530. The molecule has 1 N–H and O–H groups in total. The normalized spacial score (nSPS) is 13.0. The van der Waals surface area contributed by atoms with E-state index in [4.69, 9.17) is 11.6 Å². The second-order valence-corrected chi connectivity index (χ2v) is 2.84. The summed E-state index contributed by atoms with van der Waals surface area (Å²) < 4.78 is 0. The standard InChI is InChI=1S/C9H11ClO/c1-7-4-2-3-5-8(7)9(11)6-10/h2-5,9,11H,6H2,1H3/t9-/m0/s1. The molecule has 0 aliphatic heterocycles. The van der Waals surface area contributed by atoms with Crippen molar-refractivity contribution in [3.05, 3.63) is 35.4 Å². The number of alkyl halides is 1. The fourth-order valence-electron chi connectivity index (χ4n) is 1.04. The van der Waals surface area contributed by atoms with Gasteiger partial charge in [0.1, 0.15) is 0 Å². The van der Waals surface area contributed by atoms with E-state index in [-0.39, 0.29) is 5.88 Å². The summed E-state index contributed by atoms with van der Waals surface area (Å²) in [6.45, 7) is 1.96. The molecule has 1 aromatic rings. The molecule has 1 atom stereocenters. The van der Waals surface area contributed by atoms with Crippen molar-refractivity contribution >= 4 is 11.6 Å². The van der Waals surface area contributed by atoms with E-state index in [1.165, 1.54) is 0 Å². The maximum atomic E-state index is 9.38. The molecule has 0 saturated heterocycles. The molecular weight excluding hydrogens is 160 g/mol. The van der Waals surface area contributed by atoms with Crippen LogP contribution in [-0.4, -0.2) is 11.0 Å². The van der Waals surface area contributed by atoms with Crippen molar-refractivity contribution in [2.24, 2.45) is 0 Å². The summed E-state index contributed by atoms with van der Waals surface area (Å²) >= 11 is 5.51. The van der Waals surface area contributed by atoms with Crippen molar-refractivity contribution in [2.75, 3.05) is 5.88 Å². The second-order valence-electron chi connectivity index (χ2n) is 2.53. The van der Waals surface area contributed by atoms with Gasteiger partial charge in [0, 0.05) is 0 Å². The van der Waals surface area contributed by atoms with Crippen molar-refractivity contribution in [3.63, 3.8) is 0 Å². The van der Waals surface area contributed by atoms with Crippen LogP contribution in [0, 0.1) is 6.92 Å². The van der Waals surface area contributed by atoms with Crippen molar-refractivity contribution in [3.8, 4) is 0 Å². The molecule has 1 rings (SSSR count). The minimum absolute atomic E-state index is 0.255. The van der Waals surface area contributed by atoms with Crippen LogP contribution in [0.3, 0.4) is 0 Å². The molecule has 2 heteroatoms. The van der Waals surface area contributed by atoms with Crippen LogP contribution < -0.4 is 0 Å². The fourth-order valence-corrected chi connectivity index (χ4v) is 1.21. The molecule has 0 heterocycles. The molecule has 0 fully saturated rings. The lowest BCUT2D eigenvalue weighted by Gasteiger charge is -2.09. The number of halogens is 1. The quantitative estimate of drug-likeness (QED) is 0.676. The van der Waals surface area contributed by atoms with Crippen LogP contribution in [0.1, 0.15) is 17.2 Å². The molecule has 1 aromatic carbocycles.